The molecule has 9 heteroatoms. The number of hydrogen-bond donors (Lipinski definition) is 1. The first-order chi connectivity index (χ1) is 12.4. The summed E-state index contributed by atoms with van der Waals surface area (Å²) in [6, 6.07) is 8.77. The van der Waals surface area contributed by atoms with Crippen molar-refractivity contribution in [2.24, 2.45) is 0 Å². The number of nitrogens with zero attached hydrogens (tertiary/aromatic N) is 1. The van der Waals surface area contributed by atoms with Crippen LogP contribution < -0.4 is 5.32 Å². The number of rotatable bonds is 4. The van der Waals surface area contributed by atoms with Gasteiger partial charge in [0, 0.05) is 12.5 Å². The van der Waals surface area contributed by atoms with Crippen molar-refractivity contribution in [3.63, 3.8) is 0 Å². The smallest absolute Gasteiger partial charge is 0.338 e. The van der Waals surface area contributed by atoms with Crippen LogP contribution in [0.4, 0.5) is 5.13 Å². The van der Waals surface area contributed by atoms with Gasteiger partial charge in [0.05, 0.1) is 28.0 Å². The van der Waals surface area contributed by atoms with E-state index in [1.807, 2.05) is 6.07 Å². The van der Waals surface area contributed by atoms with Crippen molar-refractivity contribution in [1.82, 2.24) is 4.98 Å². The molecule has 0 aliphatic carbocycles. The molecular formula is C17H11Br2IN2O3S. The van der Waals surface area contributed by atoms with Gasteiger partial charge < -0.3 is 4.74 Å². The maximum atomic E-state index is 12.6. The average Bonchev–Trinajstić information content (AvgIpc) is 2.99. The topological polar surface area (TPSA) is 68.3 Å². The molecule has 0 aliphatic rings. The van der Waals surface area contributed by atoms with E-state index in [0.717, 1.165) is 17.2 Å². The van der Waals surface area contributed by atoms with Gasteiger partial charge in [-0.2, -0.15) is 0 Å². The number of ether oxygens (including phenoxy) is 1. The lowest BCUT2D eigenvalue weighted by molar-refractivity contribution is 0.0526. The van der Waals surface area contributed by atoms with Gasteiger partial charge in [-0.15, -0.1) is 0 Å². The minimum absolute atomic E-state index is 0.249. The molecular weight excluding hydrogens is 599 g/mol. The Balaban J connectivity index is 1.87. The van der Waals surface area contributed by atoms with Crippen molar-refractivity contribution in [3.05, 3.63) is 54.0 Å². The molecule has 1 heterocycles. The average molecular weight is 610 g/mol. The highest BCUT2D eigenvalue weighted by Crippen LogP contribution is 2.30. The quantitative estimate of drug-likeness (QED) is 0.229. The molecule has 0 aliphatic heterocycles. The Morgan fingerprint density at radius 2 is 2.04 bits per heavy atom. The van der Waals surface area contributed by atoms with Crippen molar-refractivity contribution in [2.75, 3.05) is 11.9 Å². The minimum Gasteiger partial charge on any atom is -0.462 e. The number of thiazole rings is 1. The summed E-state index contributed by atoms with van der Waals surface area (Å²) in [7, 11) is 0. The minimum atomic E-state index is -0.373. The molecule has 0 atom stereocenters. The highest BCUT2D eigenvalue weighted by molar-refractivity contribution is 14.1. The van der Waals surface area contributed by atoms with Crippen LogP contribution in [0.1, 0.15) is 27.6 Å². The van der Waals surface area contributed by atoms with Gasteiger partial charge >= 0.3 is 5.97 Å². The van der Waals surface area contributed by atoms with E-state index in [-0.39, 0.29) is 11.9 Å². The van der Waals surface area contributed by atoms with E-state index in [1.165, 1.54) is 11.3 Å². The van der Waals surface area contributed by atoms with E-state index < -0.39 is 0 Å². The van der Waals surface area contributed by atoms with Crippen LogP contribution in [0, 0.1) is 3.57 Å². The normalized spacial score (nSPS) is 10.8. The summed E-state index contributed by atoms with van der Waals surface area (Å²) >= 11 is 10.3. The Bertz CT molecular complexity index is 1020. The molecule has 0 unspecified atom stereocenters. The third kappa shape index (κ3) is 4.26. The first-order valence-electron chi connectivity index (χ1n) is 7.42. The summed E-state index contributed by atoms with van der Waals surface area (Å²) in [6.45, 7) is 2.08. The van der Waals surface area contributed by atoms with Crippen LogP contribution in [-0.2, 0) is 4.74 Å². The third-order valence-electron chi connectivity index (χ3n) is 3.36. The lowest BCUT2D eigenvalue weighted by atomic mass is 10.2. The monoisotopic (exact) mass is 608 g/mol. The fourth-order valence-electron chi connectivity index (χ4n) is 2.21. The van der Waals surface area contributed by atoms with Gasteiger partial charge in [0.25, 0.3) is 5.91 Å². The number of halogens is 3. The number of amides is 1. The molecule has 0 radical (unpaired) electrons. The van der Waals surface area contributed by atoms with E-state index in [4.69, 9.17) is 4.74 Å². The van der Waals surface area contributed by atoms with Gasteiger partial charge in [0.15, 0.2) is 5.13 Å². The molecule has 0 fully saturated rings. The number of hydrogen-bond acceptors (Lipinski definition) is 5. The molecule has 1 amide bonds. The molecule has 2 aromatic carbocycles. The molecule has 0 spiro atoms. The summed E-state index contributed by atoms with van der Waals surface area (Å²) < 4.78 is 8.26. The first kappa shape index (κ1) is 19.7. The largest absolute Gasteiger partial charge is 0.462 e. The fraction of sp³-hybridized carbons (Fsp3) is 0.118. The zero-order valence-corrected chi connectivity index (χ0v) is 19.5. The summed E-state index contributed by atoms with van der Waals surface area (Å²) in [6.07, 6.45) is 0. The van der Waals surface area contributed by atoms with Crippen LogP contribution in [0.5, 0.6) is 0 Å². The summed E-state index contributed by atoms with van der Waals surface area (Å²) in [5, 5.41) is 3.29. The SMILES string of the molecule is CCOC(=O)c1ccc2nc(NC(=O)c3cc(Br)cc(Br)c3I)sc2c1. The predicted molar refractivity (Wildman–Crippen MR) is 118 cm³/mol. The Morgan fingerprint density at radius 1 is 1.27 bits per heavy atom. The number of aromatic nitrogens is 1. The zero-order valence-electron chi connectivity index (χ0n) is 13.3. The van der Waals surface area contributed by atoms with Crippen molar-refractivity contribution in [2.45, 2.75) is 6.92 Å². The molecule has 3 aromatic rings. The van der Waals surface area contributed by atoms with E-state index in [1.54, 1.807) is 31.2 Å². The standard InChI is InChI=1S/C17H11Br2IN2O3S/c1-2-25-16(24)8-3-4-12-13(5-8)26-17(21-12)22-15(23)10-6-9(18)7-11(19)14(10)20/h3-7H,2H2,1H3,(H,21,22,23). The van der Waals surface area contributed by atoms with E-state index >= 15 is 0 Å². The summed E-state index contributed by atoms with van der Waals surface area (Å²) in [5.41, 5.74) is 1.72. The van der Waals surface area contributed by atoms with Gasteiger partial charge in [0.1, 0.15) is 0 Å². The van der Waals surface area contributed by atoms with Crippen molar-refractivity contribution < 1.29 is 14.3 Å². The number of carbonyl (C=O) groups is 2. The number of anilines is 1. The summed E-state index contributed by atoms with van der Waals surface area (Å²) in [4.78, 5) is 28.9. The number of fused-ring (bicyclic) bond motifs is 1. The van der Waals surface area contributed by atoms with Gasteiger partial charge in [0.2, 0.25) is 0 Å². The van der Waals surface area contributed by atoms with E-state index in [0.29, 0.717) is 28.4 Å². The van der Waals surface area contributed by atoms with Crippen molar-refractivity contribution >= 4 is 93.0 Å². The lowest BCUT2D eigenvalue weighted by Crippen LogP contribution is -2.13. The molecule has 0 saturated carbocycles. The molecule has 5 nitrogen and oxygen atoms in total. The molecule has 26 heavy (non-hydrogen) atoms. The Kier molecular flexibility index (Phi) is 6.31. The van der Waals surface area contributed by atoms with Crippen LogP contribution in [-0.4, -0.2) is 23.5 Å². The Morgan fingerprint density at radius 3 is 2.77 bits per heavy atom. The number of benzene rings is 2. The Hall–Kier alpha value is -1.04. The van der Waals surface area contributed by atoms with Crippen molar-refractivity contribution in [3.8, 4) is 0 Å². The highest BCUT2D eigenvalue weighted by atomic mass is 127. The molecule has 134 valence electrons. The first-order valence-corrected chi connectivity index (χ1v) is 10.9. The zero-order chi connectivity index (χ0) is 18.8. The van der Waals surface area contributed by atoms with Gasteiger partial charge in [-0.3, -0.25) is 10.1 Å². The lowest BCUT2D eigenvalue weighted by Gasteiger charge is -2.07. The molecule has 3 rings (SSSR count). The van der Waals surface area contributed by atoms with Crippen molar-refractivity contribution in [1.29, 1.82) is 0 Å². The number of carbonyl (C=O) groups excluding carboxylic acids is 2. The number of nitrogens with one attached hydrogen (secondary N) is 1. The second kappa shape index (κ2) is 8.32. The van der Waals surface area contributed by atoms with E-state index in [2.05, 4.69) is 64.8 Å². The van der Waals surface area contributed by atoms with Gasteiger partial charge in [-0.05, 0) is 75.8 Å². The van der Waals surface area contributed by atoms with Gasteiger partial charge in [-0.1, -0.05) is 27.3 Å². The Labute approximate surface area is 183 Å². The van der Waals surface area contributed by atoms with Crippen LogP contribution in [0.25, 0.3) is 10.2 Å². The molecule has 0 bridgehead atoms. The predicted octanol–water partition coefficient (Wildman–Crippen LogP) is 5.85. The van der Waals surface area contributed by atoms with Crippen LogP contribution in [0.3, 0.4) is 0 Å². The maximum absolute atomic E-state index is 12.6. The second-order valence-corrected chi connectivity index (χ2v) is 9.00. The maximum Gasteiger partial charge on any atom is 0.338 e. The molecule has 1 N–H and O–H groups in total. The highest BCUT2D eigenvalue weighted by Gasteiger charge is 2.16. The number of esters is 1. The third-order valence-corrected chi connectivity index (χ3v) is 7.28. The van der Waals surface area contributed by atoms with Crippen LogP contribution in [0.15, 0.2) is 39.3 Å². The van der Waals surface area contributed by atoms with Crippen LogP contribution >= 0.6 is 65.8 Å². The van der Waals surface area contributed by atoms with Crippen LogP contribution in [0.2, 0.25) is 0 Å². The molecule has 1 aromatic heterocycles. The molecule has 0 saturated heterocycles. The second-order valence-electron chi connectivity index (χ2n) is 5.13. The fourth-order valence-corrected chi connectivity index (χ4v) is 4.89. The van der Waals surface area contributed by atoms with E-state index in [9.17, 15) is 9.59 Å². The summed E-state index contributed by atoms with van der Waals surface area (Å²) in [5.74, 6) is -0.622. The van der Waals surface area contributed by atoms with Gasteiger partial charge in [-0.25, -0.2) is 9.78 Å².